The number of carbonyl (C=O) groups is 1. The SMILES string of the molecule is CCc1ccccc1NC(=O)N1CCCC1c1cccs1. The number of benzene rings is 1. The molecule has 1 saturated heterocycles. The molecule has 1 N–H and O–H groups in total. The lowest BCUT2D eigenvalue weighted by Gasteiger charge is -2.24. The Bertz CT molecular complexity index is 609. The van der Waals surface area contributed by atoms with Crippen LogP contribution in [-0.4, -0.2) is 17.5 Å². The lowest BCUT2D eigenvalue weighted by Crippen LogP contribution is -2.34. The summed E-state index contributed by atoms with van der Waals surface area (Å²) in [6.45, 7) is 2.94. The molecule has 1 aliphatic heterocycles. The maximum Gasteiger partial charge on any atom is 0.322 e. The highest BCUT2D eigenvalue weighted by Crippen LogP contribution is 2.34. The molecule has 0 radical (unpaired) electrons. The number of carbonyl (C=O) groups excluding carboxylic acids is 1. The number of hydrogen-bond donors (Lipinski definition) is 1. The summed E-state index contributed by atoms with van der Waals surface area (Å²) >= 11 is 1.73. The third-order valence-electron chi connectivity index (χ3n) is 4.03. The van der Waals surface area contributed by atoms with Crippen LogP contribution in [0.5, 0.6) is 0 Å². The smallest absolute Gasteiger partial charge is 0.317 e. The number of nitrogens with one attached hydrogen (secondary N) is 1. The summed E-state index contributed by atoms with van der Waals surface area (Å²) in [5.41, 5.74) is 2.11. The van der Waals surface area contributed by atoms with Crippen LogP contribution < -0.4 is 5.32 Å². The van der Waals surface area contributed by atoms with Gasteiger partial charge in [-0.1, -0.05) is 31.2 Å². The second-order valence-electron chi connectivity index (χ2n) is 5.31. The summed E-state index contributed by atoms with van der Waals surface area (Å²) in [5.74, 6) is 0. The van der Waals surface area contributed by atoms with Crippen LogP contribution in [-0.2, 0) is 6.42 Å². The van der Waals surface area contributed by atoms with Crippen molar-refractivity contribution >= 4 is 23.1 Å². The van der Waals surface area contributed by atoms with E-state index in [-0.39, 0.29) is 12.1 Å². The van der Waals surface area contributed by atoms with Crippen LogP contribution in [0.1, 0.15) is 36.2 Å². The van der Waals surface area contributed by atoms with Gasteiger partial charge >= 0.3 is 6.03 Å². The first-order chi connectivity index (χ1) is 10.3. The summed E-state index contributed by atoms with van der Waals surface area (Å²) in [7, 11) is 0. The summed E-state index contributed by atoms with van der Waals surface area (Å²) in [4.78, 5) is 15.9. The highest BCUT2D eigenvalue weighted by molar-refractivity contribution is 7.10. The van der Waals surface area contributed by atoms with Crippen molar-refractivity contribution in [3.63, 3.8) is 0 Å². The van der Waals surface area contributed by atoms with Gasteiger partial charge in [-0.3, -0.25) is 0 Å². The Morgan fingerprint density at radius 1 is 1.33 bits per heavy atom. The van der Waals surface area contributed by atoms with E-state index in [1.165, 1.54) is 10.4 Å². The van der Waals surface area contributed by atoms with Gasteiger partial charge in [0.15, 0.2) is 0 Å². The van der Waals surface area contributed by atoms with Gasteiger partial charge in [0.2, 0.25) is 0 Å². The second-order valence-corrected chi connectivity index (χ2v) is 6.29. The molecule has 0 bridgehead atoms. The van der Waals surface area contributed by atoms with E-state index in [1.54, 1.807) is 11.3 Å². The molecular weight excluding hydrogens is 280 g/mol. The third-order valence-corrected chi connectivity index (χ3v) is 5.00. The van der Waals surface area contributed by atoms with Gasteiger partial charge in [-0.25, -0.2) is 4.79 Å². The van der Waals surface area contributed by atoms with Crippen molar-refractivity contribution in [3.05, 3.63) is 52.2 Å². The zero-order valence-corrected chi connectivity index (χ0v) is 13.0. The molecule has 2 aromatic rings. The first-order valence-electron chi connectivity index (χ1n) is 7.48. The molecule has 1 aromatic carbocycles. The summed E-state index contributed by atoms with van der Waals surface area (Å²) in [6.07, 6.45) is 3.06. The maximum absolute atomic E-state index is 12.6. The van der Waals surface area contributed by atoms with E-state index >= 15 is 0 Å². The normalized spacial score (nSPS) is 18.0. The average Bonchev–Trinajstić information content (AvgIpc) is 3.18. The fraction of sp³-hybridized carbons (Fsp3) is 0.353. The number of likely N-dealkylation sites (tertiary alicyclic amines) is 1. The van der Waals surface area contributed by atoms with E-state index in [0.29, 0.717) is 0 Å². The number of rotatable bonds is 3. The highest BCUT2D eigenvalue weighted by atomic mass is 32.1. The number of urea groups is 1. The maximum atomic E-state index is 12.6. The molecule has 1 aromatic heterocycles. The minimum Gasteiger partial charge on any atom is -0.317 e. The number of aryl methyl sites for hydroxylation is 1. The van der Waals surface area contributed by atoms with Crippen LogP contribution in [0.25, 0.3) is 0 Å². The van der Waals surface area contributed by atoms with Gasteiger partial charge in [0, 0.05) is 17.1 Å². The summed E-state index contributed by atoms with van der Waals surface area (Å²) < 4.78 is 0. The summed E-state index contributed by atoms with van der Waals surface area (Å²) in [5, 5.41) is 5.17. The third kappa shape index (κ3) is 2.95. The number of para-hydroxylation sites is 1. The standard InChI is InChI=1S/C17H20N2OS/c1-2-13-7-3-4-8-14(13)18-17(20)19-11-5-9-15(19)16-10-6-12-21-16/h3-4,6-8,10,12,15H,2,5,9,11H2,1H3,(H,18,20). The molecule has 1 fully saturated rings. The Morgan fingerprint density at radius 3 is 2.95 bits per heavy atom. The molecule has 1 unspecified atom stereocenters. The molecule has 3 nitrogen and oxygen atoms in total. The molecule has 4 heteroatoms. The Balaban J connectivity index is 1.75. The van der Waals surface area contributed by atoms with Crippen molar-refractivity contribution in [2.45, 2.75) is 32.2 Å². The van der Waals surface area contributed by atoms with Crippen molar-refractivity contribution < 1.29 is 4.79 Å². The molecule has 21 heavy (non-hydrogen) atoms. The molecule has 0 aliphatic carbocycles. The van der Waals surface area contributed by atoms with Crippen LogP contribution in [0, 0.1) is 0 Å². The zero-order chi connectivity index (χ0) is 14.7. The van der Waals surface area contributed by atoms with Crippen LogP contribution in [0.4, 0.5) is 10.5 Å². The Labute approximate surface area is 129 Å². The van der Waals surface area contributed by atoms with E-state index in [1.807, 2.05) is 23.1 Å². The number of hydrogen-bond acceptors (Lipinski definition) is 2. The van der Waals surface area contributed by atoms with E-state index < -0.39 is 0 Å². The quantitative estimate of drug-likeness (QED) is 0.877. The second kappa shape index (κ2) is 6.31. The largest absolute Gasteiger partial charge is 0.322 e. The van der Waals surface area contributed by atoms with Crippen LogP contribution in [0.15, 0.2) is 41.8 Å². The van der Waals surface area contributed by atoms with E-state index in [0.717, 1.165) is 31.5 Å². The molecule has 110 valence electrons. The molecule has 0 spiro atoms. The highest BCUT2D eigenvalue weighted by Gasteiger charge is 2.30. The van der Waals surface area contributed by atoms with Crippen LogP contribution in [0.2, 0.25) is 0 Å². The van der Waals surface area contributed by atoms with E-state index in [2.05, 4.69) is 35.8 Å². The first kappa shape index (κ1) is 14.1. The Hall–Kier alpha value is -1.81. The Morgan fingerprint density at radius 2 is 2.19 bits per heavy atom. The first-order valence-corrected chi connectivity index (χ1v) is 8.36. The van der Waals surface area contributed by atoms with Gasteiger partial charge < -0.3 is 10.2 Å². The van der Waals surface area contributed by atoms with Crippen molar-refractivity contribution in [2.75, 3.05) is 11.9 Å². The van der Waals surface area contributed by atoms with Crippen LogP contribution >= 0.6 is 11.3 Å². The van der Waals surface area contributed by atoms with Gasteiger partial charge in [0.1, 0.15) is 0 Å². The predicted octanol–water partition coefficient (Wildman–Crippen LogP) is 4.68. The van der Waals surface area contributed by atoms with Gasteiger partial charge in [-0.15, -0.1) is 11.3 Å². The predicted molar refractivity (Wildman–Crippen MR) is 87.8 cm³/mol. The van der Waals surface area contributed by atoms with E-state index in [9.17, 15) is 4.79 Å². The van der Waals surface area contributed by atoms with Gasteiger partial charge in [-0.2, -0.15) is 0 Å². The van der Waals surface area contributed by atoms with Crippen molar-refractivity contribution in [3.8, 4) is 0 Å². The molecule has 1 aliphatic rings. The van der Waals surface area contributed by atoms with Crippen molar-refractivity contribution in [1.29, 1.82) is 0 Å². The van der Waals surface area contributed by atoms with Gasteiger partial charge in [-0.05, 0) is 42.3 Å². The fourth-order valence-electron chi connectivity index (χ4n) is 2.92. The minimum atomic E-state index is 0.0202. The molecule has 2 heterocycles. The zero-order valence-electron chi connectivity index (χ0n) is 12.2. The summed E-state index contributed by atoms with van der Waals surface area (Å²) in [6, 6.07) is 12.5. The number of nitrogens with zero attached hydrogens (tertiary/aromatic N) is 1. The lowest BCUT2D eigenvalue weighted by atomic mass is 10.1. The Kier molecular flexibility index (Phi) is 4.25. The molecular formula is C17H20N2OS. The van der Waals surface area contributed by atoms with Gasteiger partial charge in [0.05, 0.1) is 6.04 Å². The van der Waals surface area contributed by atoms with Gasteiger partial charge in [0.25, 0.3) is 0 Å². The topological polar surface area (TPSA) is 32.3 Å². The molecule has 2 amide bonds. The van der Waals surface area contributed by atoms with E-state index in [4.69, 9.17) is 0 Å². The molecule has 1 atom stereocenters. The average molecular weight is 300 g/mol. The monoisotopic (exact) mass is 300 g/mol. The molecule has 3 rings (SSSR count). The lowest BCUT2D eigenvalue weighted by molar-refractivity contribution is 0.208. The number of amides is 2. The van der Waals surface area contributed by atoms with Crippen molar-refractivity contribution in [2.24, 2.45) is 0 Å². The number of thiophene rings is 1. The minimum absolute atomic E-state index is 0.0202. The number of anilines is 1. The molecule has 0 saturated carbocycles. The van der Waals surface area contributed by atoms with Crippen LogP contribution in [0.3, 0.4) is 0 Å². The fourth-order valence-corrected chi connectivity index (χ4v) is 3.80. The van der Waals surface area contributed by atoms with Crippen molar-refractivity contribution in [1.82, 2.24) is 4.90 Å².